The second-order valence-electron chi connectivity index (χ2n) is 6.14. The van der Waals surface area contributed by atoms with Crippen molar-refractivity contribution in [1.82, 2.24) is 4.90 Å². The molecule has 0 unspecified atom stereocenters. The van der Waals surface area contributed by atoms with Crippen molar-refractivity contribution < 1.29 is 19.4 Å². The molecule has 1 heterocycles. The van der Waals surface area contributed by atoms with Gasteiger partial charge in [-0.2, -0.15) is 0 Å². The topological polar surface area (TPSA) is 66.8 Å². The summed E-state index contributed by atoms with van der Waals surface area (Å²) >= 11 is 6.63. The molecule has 1 saturated heterocycles. The number of nitrogens with zero attached hydrogens (tertiary/aromatic N) is 1. The molecule has 1 aliphatic rings. The van der Waals surface area contributed by atoms with Crippen LogP contribution in [0.25, 0.3) is 6.08 Å². The van der Waals surface area contributed by atoms with Gasteiger partial charge in [-0.15, -0.1) is 0 Å². The van der Waals surface area contributed by atoms with Gasteiger partial charge in [0.1, 0.15) is 10.1 Å². The summed E-state index contributed by atoms with van der Waals surface area (Å²) in [5.74, 6) is -0.769. The molecule has 0 saturated carbocycles. The third-order valence-electron chi connectivity index (χ3n) is 4.12. The van der Waals surface area contributed by atoms with Crippen molar-refractivity contribution in [3.63, 3.8) is 0 Å². The van der Waals surface area contributed by atoms with Crippen LogP contribution in [0.2, 0.25) is 0 Å². The van der Waals surface area contributed by atoms with Crippen molar-refractivity contribution in [3.8, 4) is 5.75 Å². The average molecular weight is 414 g/mol. The molecule has 0 aliphatic carbocycles. The maximum Gasteiger partial charge on any atom is 0.341 e. The molecule has 1 aliphatic heterocycles. The summed E-state index contributed by atoms with van der Waals surface area (Å²) in [6.07, 6.45) is 3.40. The molecule has 0 bridgehead atoms. The zero-order valence-corrected chi connectivity index (χ0v) is 16.7. The van der Waals surface area contributed by atoms with Crippen LogP contribution < -0.4 is 4.74 Å². The van der Waals surface area contributed by atoms with E-state index in [0.29, 0.717) is 27.1 Å². The molecule has 1 amide bonds. The zero-order chi connectivity index (χ0) is 19.9. The van der Waals surface area contributed by atoms with Crippen molar-refractivity contribution in [2.75, 3.05) is 13.2 Å². The van der Waals surface area contributed by atoms with E-state index in [2.05, 4.69) is 12.1 Å². The molecule has 0 radical (unpaired) electrons. The second kappa shape index (κ2) is 9.52. The monoisotopic (exact) mass is 413 g/mol. The van der Waals surface area contributed by atoms with Gasteiger partial charge in [0.05, 0.1) is 4.91 Å². The van der Waals surface area contributed by atoms with Crippen LogP contribution in [0, 0.1) is 0 Å². The highest BCUT2D eigenvalue weighted by Crippen LogP contribution is 2.34. The number of para-hydroxylation sites is 1. The van der Waals surface area contributed by atoms with E-state index >= 15 is 0 Å². The molecule has 144 valence electrons. The molecule has 2 aromatic carbocycles. The van der Waals surface area contributed by atoms with Crippen LogP contribution in [-0.4, -0.2) is 39.4 Å². The number of carbonyl (C=O) groups excluding carboxylic acids is 1. The lowest BCUT2D eigenvalue weighted by molar-refractivity contribution is -0.139. The zero-order valence-electron chi connectivity index (χ0n) is 15.0. The van der Waals surface area contributed by atoms with Crippen LogP contribution in [0.3, 0.4) is 0 Å². The highest BCUT2D eigenvalue weighted by molar-refractivity contribution is 8.26. The van der Waals surface area contributed by atoms with Crippen molar-refractivity contribution >= 4 is 46.3 Å². The van der Waals surface area contributed by atoms with E-state index in [0.717, 1.165) is 12.8 Å². The molecular formula is C21H19NO4S2. The van der Waals surface area contributed by atoms with Gasteiger partial charge in [0.2, 0.25) is 0 Å². The Bertz CT molecular complexity index is 912. The molecule has 1 fully saturated rings. The number of thiocarbonyl (C=S) groups is 1. The van der Waals surface area contributed by atoms with Gasteiger partial charge in [0.25, 0.3) is 5.91 Å². The fourth-order valence-electron chi connectivity index (χ4n) is 2.79. The first-order chi connectivity index (χ1) is 13.5. The minimum Gasteiger partial charge on any atom is -0.481 e. The summed E-state index contributed by atoms with van der Waals surface area (Å²) in [6.45, 7) is 0.124. The van der Waals surface area contributed by atoms with E-state index in [9.17, 15) is 9.59 Å². The number of hydrogen-bond donors (Lipinski definition) is 1. The first-order valence-electron chi connectivity index (χ1n) is 8.77. The van der Waals surface area contributed by atoms with Crippen LogP contribution in [0.1, 0.15) is 17.5 Å². The normalized spacial score (nSPS) is 15.3. The van der Waals surface area contributed by atoms with Gasteiger partial charge in [0, 0.05) is 12.1 Å². The Labute approximate surface area is 173 Å². The Hall–Kier alpha value is -2.64. The first-order valence-corrected chi connectivity index (χ1v) is 10.00. The van der Waals surface area contributed by atoms with Gasteiger partial charge >= 0.3 is 5.97 Å². The van der Waals surface area contributed by atoms with E-state index in [-0.39, 0.29) is 5.91 Å². The molecule has 0 atom stereocenters. The van der Waals surface area contributed by atoms with E-state index in [1.165, 1.54) is 17.3 Å². The number of carbonyl (C=O) groups is 2. The third-order valence-corrected chi connectivity index (χ3v) is 5.50. The Kier molecular flexibility index (Phi) is 6.84. The predicted octanol–water partition coefficient (Wildman–Crippen LogP) is 3.98. The average Bonchev–Trinajstić information content (AvgIpc) is 2.95. The summed E-state index contributed by atoms with van der Waals surface area (Å²) < 4.78 is 5.84. The van der Waals surface area contributed by atoms with E-state index in [1.54, 1.807) is 35.2 Å². The fraction of sp³-hybridized carbons (Fsp3) is 0.190. The number of hydrogen-bond acceptors (Lipinski definition) is 5. The quantitative estimate of drug-likeness (QED) is 0.522. The summed E-state index contributed by atoms with van der Waals surface area (Å²) in [5, 5.41) is 8.80. The minimum absolute atomic E-state index is 0.129. The van der Waals surface area contributed by atoms with Gasteiger partial charge in [-0.1, -0.05) is 72.5 Å². The number of aryl methyl sites for hydroxylation is 1. The minimum atomic E-state index is -1.06. The van der Waals surface area contributed by atoms with Gasteiger partial charge in [-0.25, -0.2) is 4.79 Å². The van der Waals surface area contributed by atoms with E-state index < -0.39 is 12.6 Å². The summed E-state index contributed by atoms with van der Waals surface area (Å²) in [7, 11) is 0. The molecule has 0 spiro atoms. The number of carboxylic acid groups (broad SMARTS) is 1. The molecule has 7 heteroatoms. The van der Waals surface area contributed by atoms with E-state index in [4.69, 9.17) is 22.1 Å². The van der Waals surface area contributed by atoms with Crippen LogP contribution in [0.15, 0.2) is 59.5 Å². The number of carboxylic acids is 1. The summed E-state index contributed by atoms with van der Waals surface area (Å²) in [4.78, 5) is 25.6. The summed E-state index contributed by atoms with van der Waals surface area (Å²) in [6, 6.07) is 17.1. The van der Waals surface area contributed by atoms with Gasteiger partial charge < -0.3 is 9.84 Å². The van der Waals surface area contributed by atoms with Crippen molar-refractivity contribution in [1.29, 1.82) is 0 Å². The Morgan fingerprint density at radius 1 is 1.14 bits per heavy atom. The van der Waals surface area contributed by atoms with Crippen molar-refractivity contribution in [3.05, 3.63) is 70.6 Å². The number of ether oxygens (including phenoxy) is 1. The maximum absolute atomic E-state index is 12.8. The molecule has 3 rings (SSSR count). The standard InChI is InChI=1S/C21H19NO4S2/c23-19(24)14-26-17-11-5-4-10-16(17)13-18-20(25)22(21(27)28-18)12-6-9-15-7-2-1-3-8-15/h1-5,7-8,10-11,13H,6,9,12,14H2,(H,23,24)/b18-13-. The lowest BCUT2D eigenvalue weighted by atomic mass is 10.1. The highest BCUT2D eigenvalue weighted by Gasteiger charge is 2.31. The van der Waals surface area contributed by atoms with Gasteiger partial charge in [0.15, 0.2) is 6.61 Å². The van der Waals surface area contributed by atoms with E-state index in [1.807, 2.05) is 18.2 Å². The SMILES string of the molecule is O=C(O)COc1ccccc1/C=C1\SC(=S)N(CCCc2ccccc2)C1=O. The molecular weight excluding hydrogens is 394 g/mol. The number of rotatable bonds is 8. The van der Waals surface area contributed by atoms with Crippen molar-refractivity contribution in [2.24, 2.45) is 0 Å². The molecule has 2 aromatic rings. The van der Waals surface area contributed by atoms with Crippen molar-refractivity contribution in [2.45, 2.75) is 12.8 Å². The van der Waals surface area contributed by atoms with Crippen LogP contribution >= 0.6 is 24.0 Å². The molecule has 0 aromatic heterocycles. The van der Waals surface area contributed by atoms with Gasteiger partial charge in [-0.3, -0.25) is 9.69 Å². The Morgan fingerprint density at radius 3 is 2.61 bits per heavy atom. The Balaban J connectivity index is 1.67. The van der Waals surface area contributed by atoms with Crippen LogP contribution in [0.5, 0.6) is 5.75 Å². The lowest BCUT2D eigenvalue weighted by Gasteiger charge is -2.14. The predicted molar refractivity (Wildman–Crippen MR) is 114 cm³/mol. The smallest absolute Gasteiger partial charge is 0.341 e. The fourth-order valence-corrected chi connectivity index (χ4v) is 4.09. The lowest BCUT2D eigenvalue weighted by Crippen LogP contribution is -2.29. The van der Waals surface area contributed by atoms with Crippen LogP contribution in [0.4, 0.5) is 0 Å². The first kappa shape index (κ1) is 20.1. The largest absolute Gasteiger partial charge is 0.481 e. The maximum atomic E-state index is 12.8. The highest BCUT2D eigenvalue weighted by atomic mass is 32.2. The van der Waals surface area contributed by atoms with Gasteiger partial charge in [-0.05, 0) is 30.5 Å². The molecule has 1 N–H and O–H groups in total. The molecule has 5 nitrogen and oxygen atoms in total. The number of amides is 1. The second-order valence-corrected chi connectivity index (χ2v) is 7.82. The Morgan fingerprint density at radius 2 is 1.86 bits per heavy atom. The number of aliphatic carboxylic acids is 1. The third kappa shape index (κ3) is 5.21. The summed E-state index contributed by atoms with van der Waals surface area (Å²) in [5.41, 5.74) is 1.88. The number of benzene rings is 2. The molecule has 28 heavy (non-hydrogen) atoms. The van der Waals surface area contributed by atoms with Crippen LogP contribution in [-0.2, 0) is 16.0 Å². The number of thioether (sulfide) groups is 1.